The fourth-order valence-electron chi connectivity index (χ4n) is 1.95. The van der Waals surface area contributed by atoms with Crippen LogP contribution in [0.1, 0.15) is 31.1 Å². The van der Waals surface area contributed by atoms with E-state index in [1.807, 2.05) is 62.4 Å². The van der Waals surface area contributed by atoms with Gasteiger partial charge < -0.3 is 9.47 Å². The molecule has 104 valence electrons. The number of carbonyl (C=O) groups is 1. The van der Waals surface area contributed by atoms with E-state index in [1.165, 1.54) is 0 Å². The fraction of sp³-hybridized carbons (Fsp3) is 0.235. The molecule has 0 aliphatic heterocycles. The molecule has 0 fully saturated rings. The summed E-state index contributed by atoms with van der Waals surface area (Å²) in [5, 5.41) is 0. The van der Waals surface area contributed by atoms with Gasteiger partial charge in [0.1, 0.15) is 11.9 Å². The number of carbonyl (C=O) groups excluding carboxylic acids is 1. The van der Waals surface area contributed by atoms with Gasteiger partial charge in [-0.25, -0.2) is 4.79 Å². The molecule has 0 radical (unpaired) electrons. The smallest absolute Gasteiger partial charge is 0.426 e. The summed E-state index contributed by atoms with van der Waals surface area (Å²) in [6.07, 6.45) is -0.211. The summed E-state index contributed by atoms with van der Waals surface area (Å²) in [6.45, 7) is 3.84. The average molecular weight is 270 g/mol. The second kappa shape index (κ2) is 6.75. The highest BCUT2D eigenvalue weighted by atomic mass is 16.7. The van der Waals surface area contributed by atoms with Gasteiger partial charge in [-0.2, -0.15) is 0 Å². The number of para-hydroxylation sites is 1. The molecule has 0 spiro atoms. The Labute approximate surface area is 119 Å². The van der Waals surface area contributed by atoms with Crippen molar-refractivity contribution < 1.29 is 14.3 Å². The third-order valence-corrected chi connectivity index (χ3v) is 3.09. The van der Waals surface area contributed by atoms with Gasteiger partial charge in [0.15, 0.2) is 0 Å². The maximum Gasteiger partial charge on any atom is 0.514 e. The molecule has 0 N–H and O–H groups in total. The summed E-state index contributed by atoms with van der Waals surface area (Å²) >= 11 is 0. The van der Waals surface area contributed by atoms with Crippen LogP contribution in [0.3, 0.4) is 0 Å². The van der Waals surface area contributed by atoms with Gasteiger partial charge in [0.2, 0.25) is 0 Å². The van der Waals surface area contributed by atoms with E-state index >= 15 is 0 Å². The van der Waals surface area contributed by atoms with Crippen molar-refractivity contribution in [3.63, 3.8) is 0 Å². The molecule has 0 aliphatic carbocycles. The molecular formula is C17H18O3. The molecule has 3 nitrogen and oxygen atoms in total. The van der Waals surface area contributed by atoms with Gasteiger partial charge in [-0.3, -0.25) is 0 Å². The number of hydrogen-bond donors (Lipinski definition) is 0. The summed E-state index contributed by atoms with van der Waals surface area (Å²) < 4.78 is 10.5. The van der Waals surface area contributed by atoms with Gasteiger partial charge in [-0.15, -0.1) is 0 Å². The molecule has 2 rings (SSSR count). The van der Waals surface area contributed by atoms with E-state index in [4.69, 9.17) is 9.47 Å². The van der Waals surface area contributed by atoms with Gasteiger partial charge in [-0.1, -0.05) is 55.5 Å². The highest BCUT2D eigenvalue weighted by molar-refractivity contribution is 5.65. The minimum absolute atomic E-state index is 0.336. The molecule has 3 heteroatoms. The predicted molar refractivity (Wildman–Crippen MR) is 77.8 cm³/mol. The standard InChI is InChI=1S/C17H18O3/c1-3-14-9-7-8-12-16(14)20-17(18)19-13(2)15-10-5-4-6-11-15/h4-13H,3H2,1-2H3. The quantitative estimate of drug-likeness (QED) is 0.605. The molecule has 2 aromatic rings. The molecule has 1 unspecified atom stereocenters. The summed E-state index contributed by atoms with van der Waals surface area (Å²) in [5.74, 6) is 0.556. The number of rotatable bonds is 4. The number of ether oxygens (including phenoxy) is 2. The monoisotopic (exact) mass is 270 g/mol. The van der Waals surface area contributed by atoms with Crippen molar-refractivity contribution in [1.29, 1.82) is 0 Å². The van der Waals surface area contributed by atoms with Gasteiger partial charge in [0.05, 0.1) is 0 Å². The molecule has 1 atom stereocenters. The first kappa shape index (κ1) is 14.1. The SMILES string of the molecule is CCc1ccccc1OC(=O)OC(C)c1ccccc1. The van der Waals surface area contributed by atoms with Gasteiger partial charge >= 0.3 is 6.16 Å². The summed E-state index contributed by atoms with van der Waals surface area (Å²) in [6, 6.07) is 17.0. The normalized spacial score (nSPS) is 11.7. The maximum atomic E-state index is 11.8. The van der Waals surface area contributed by atoms with Crippen molar-refractivity contribution in [3.8, 4) is 5.75 Å². The lowest BCUT2D eigenvalue weighted by molar-refractivity contribution is 0.0652. The van der Waals surface area contributed by atoms with Crippen LogP contribution >= 0.6 is 0 Å². The second-order valence-electron chi connectivity index (χ2n) is 4.48. The highest BCUT2D eigenvalue weighted by Crippen LogP contribution is 2.21. The summed E-state index contributed by atoms with van der Waals surface area (Å²) in [5.41, 5.74) is 1.92. The zero-order valence-electron chi connectivity index (χ0n) is 11.7. The fourth-order valence-corrected chi connectivity index (χ4v) is 1.95. The van der Waals surface area contributed by atoms with Gasteiger partial charge in [-0.05, 0) is 30.5 Å². The Kier molecular flexibility index (Phi) is 4.77. The van der Waals surface area contributed by atoms with Crippen LogP contribution in [-0.4, -0.2) is 6.16 Å². The van der Waals surface area contributed by atoms with E-state index < -0.39 is 6.16 Å². The van der Waals surface area contributed by atoms with E-state index in [2.05, 4.69) is 0 Å². The largest absolute Gasteiger partial charge is 0.514 e. The van der Waals surface area contributed by atoms with Crippen LogP contribution in [0.5, 0.6) is 5.75 Å². The topological polar surface area (TPSA) is 35.5 Å². The van der Waals surface area contributed by atoms with Crippen LogP contribution in [0, 0.1) is 0 Å². The zero-order valence-corrected chi connectivity index (χ0v) is 11.7. The van der Waals surface area contributed by atoms with Crippen LogP contribution < -0.4 is 4.74 Å². The first-order valence-corrected chi connectivity index (χ1v) is 6.72. The first-order chi connectivity index (χ1) is 9.70. The average Bonchev–Trinajstić information content (AvgIpc) is 2.48. The van der Waals surface area contributed by atoms with Crippen molar-refractivity contribution in [1.82, 2.24) is 0 Å². The van der Waals surface area contributed by atoms with Crippen LogP contribution in [0.4, 0.5) is 4.79 Å². The minimum Gasteiger partial charge on any atom is -0.426 e. The van der Waals surface area contributed by atoms with E-state index in [0.29, 0.717) is 5.75 Å². The molecule has 0 saturated heterocycles. The Hall–Kier alpha value is -2.29. The summed E-state index contributed by atoms with van der Waals surface area (Å²) in [7, 11) is 0. The molecule has 0 aromatic heterocycles. The van der Waals surface area contributed by atoms with Crippen molar-refractivity contribution in [2.45, 2.75) is 26.4 Å². The van der Waals surface area contributed by atoms with Crippen LogP contribution in [0.2, 0.25) is 0 Å². The first-order valence-electron chi connectivity index (χ1n) is 6.72. The zero-order chi connectivity index (χ0) is 14.4. The second-order valence-corrected chi connectivity index (χ2v) is 4.48. The van der Waals surface area contributed by atoms with E-state index in [9.17, 15) is 4.79 Å². The van der Waals surface area contributed by atoms with Crippen LogP contribution in [0.15, 0.2) is 54.6 Å². The highest BCUT2D eigenvalue weighted by Gasteiger charge is 2.14. The Bertz CT molecular complexity index is 563. The molecule has 0 aliphatic rings. The lowest BCUT2D eigenvalue weighted by Gasteiger charge is -2.14. The molecule has 0 heterocycles. The Morgan fingerprint density at radius 1 is 1.05 bits per heavy atom. The van der Waals surface area contributed by atoms with Crippen molar-refractivity contribution in [3.05, 3.63) is 65.7 Å². The molecule has 2 aromatic carbocycles. The third-order valence-electron chi connectivity index (χ3n) is 3.09. The Morgan fingerprint density at radius 2 is 1.70 bits per heavy atom. The van der Waals surface area contributed by atoms with Gasteiger partial charge in [0.25, 0.3) is 0 Å². The van der Waals surface area contributed by atoms with Gasteiger partial charge in [0, 0.05) is 0 Å². The molecule has 0 amide bonds. The summed E-state index contributed by atoms with van der Waals surface area (Å²) in [4.78, 5) is 11.8. The van der Waals surface area contributed by atoms with Crippen molar-refractivity contribution in [2.24, 2.45) is 0 Å². The lowest BCUT2D eigenvalue weighted by Crippen LogP contribution is -2.14. The maximum absolute atomic E-state index is 11.8. The Balaban J connectivity index is 1.99. The van der Waals surface area contributed by atoms with E-state index in [1.54, 1.807) is 6.07 Å². The Morgan fingerprint density at radius 3 is 2.40 bits per heavy atom. The molecule has 20 heavy (non-hydrogen) atoms. The minimum atomic E-state index is -0.678. The van der Waals surface area contributed by atoms with Crippen LogP contribution in [-0.2, 0) is 11.2 Å². The third kappa shape index (κ3) is 3.60. The van der Waals surface area contributed by atoms with E-state index in [0.717, 1.165) is 17.5 Å². The van der Waals surface area contributed by atoms with Crippen LogP contribution in [0.25, 0.3) is 0 Å². The number of hydrogen-bond acceptors (Lipinski definition) is 3. The number of benzene rings is 2. The van der Waals surface area contributed by atoms with E-state index in [-0.39, 0.29) is 6.10 Å². The molecule has 0 saturated carbocycles. The predicted octanol–water partition coefficient (Wildman–Crippen LogP) is 4.53. The van der Waals surface area contributed by atoms with Crippen molar-refractivity contribution in [2.75, 3.05) is 0 Å². The molecular weight excluding hydrogens is 252 g/mol. The molecule has 0 bridgehead atoms. The number of aryl methyl sites for hydroxylation is 1. The van der Waals surface area contributed by atoms with Crippen molar-refractivity contribution >= 4 is 6.16 Å². The lowest BCUT2D eigenvalue weighted by atomic mass is 10.1.